The van der Waals surface area contributed by atoms with E-state index in [1.165, 1.54) is 6.07 Å². The van der Waals surface area contributed by atoms with Crippen LogP contribution in [0, 0.1) is 5.82 Å². The van der Waals surface area contributed by atoms with Gasteiger partial charge in [0.05, 0.1) is 18.3 Å². The van der Waals surface area contributed by atoms with Crippen molar-refractivity contribution in [2.24, 2.45) is 0 Å². The van der Waals surface area contributed by atoms with Crippen LogP contribution >= 0.6 is 0 Å². The van der Waals surface area contributed by atoms with E-state index in [0.29, 0.717) is 12.0 Å². The van der Waals surface area contributed by atoms with Crippen LogP contribution in [-0.2, 0) is 11.3 Å². The summed E-state index contributed by atoms with van der Waals surface area (Å²) >= 11 is 0. The van der Waals surface area contributed by atoms with E-state index in [9.17, 15) is 9.50 Å². The highest BCUT2D eigenvalue weighted by atomic mass is 19.1. The zero-order valence-corrected chi connectivity index (χ0v) is 13.5. The third-order valence-electron chi connectivity index (χ3n) is 4.73. The minimum atomic E-state index is -0.804. The number of hydrogen-bond acceptors (Lipinski definition) is 2. The van der Waals surface area contributed by atoms with Crippen LogP contribution in [0.5, 0.6) is 0 Å². The summed E-state index contributed by atoms with van der Waals surface area (Å²) in [5.74, 6) is -0.249. The molecule has 1 fully saturated rings. The summed E-state index contributed by atoms with van der Waals surface area (Å²) < 4.78 is 19.6. The number of rotatable bonds is 7. The van der Waals surface area contributed by atoms with Crippen molar-refractivity contribution >= 4 is 0 Å². The van der Waals surface area contributed by atoms with Crippen molar-refractivity contribution in [2.75, 3.05) is 0 Å². The molecule has 1 aliphatic carbocycles. The second kappa shape index (κ2) is 7.89. The molecular weight excluding hydrogens is 279 g/mol. The average Bonchev–Trinajstić information content (AvgIpc) is 2.53. The lowest BCUT2D eigenvalue weighted by atomic mass is 9.78. The van der Waals surface area contributed by atoms with Gasteiger partial charge >= 0.3 is 0 Å². The summed E-state index contributed by atoms with van der Waals surface area (Å²) in [5.41, 5.74) is 0.905. The molecule has 0 bridgehead atoms. The molecule has 3 heteroatoms. The molecule has 0 aromatic heterocycles. The van der Waals surface area contributed by atoms with Crippen LogP contribution in [0.4, 0.5) is 4.39 Å². The van der Waals surface area contributed by atoms with E-state index in [2.05, 4.69) is 13.5 Å². The fraction of sp³-hybridized carbons (Fsp3) is 0.579. The zero-order valence-electron chi connectivity index (χ0n) is 13.5. The zero-order chi connectivity index (χ0) is 16.0. The molecule has 0 radical (unpaired) electrons. The lowest BCUT2D eigenvalue weighted by Crippen LogP contribution is -2.46. The third-order valence-corrected chi connectivity index (χ3v) is 4.73. The monoisotopic (exact) mass is 306 g/mol. The quantitative estimate of drug-likeness (QED) is 0.736. The fourth-order valence-corrected chi connectivity index (χ4v) is 3.09. The normalized spacial score (nSPS) is 25.1. The molecule has 1 aromatic rings. The molecule has 1 aliphatic rings. The van der Waals surface area contributed by atoms with Crippen LogP contribution < -0.4 is 0 Å². The van der Waals surface area contributed by atoms with Gasteiger partial charge in [0, 0.05) is 5.56 Å². The lowest BCUT2D eigenvalue weighted by Gasteiger charge is -2.40. The maximum atomic E-state index is 13.7. The van der Waals surface area contributed by atoms with Gasteiger partial charge in [0.1, 0.15) is 5.82 Å². The SMILES string of the molecule is C=C(CC)CCC1(O)CCCCC1OCc1ccccc1F. The van der Waals surface area contributed by atoms with Gasteiger partial charge in [-0.15, -0.1) is 0 Å². The predicted molar refractivity (Wildman–Crippen MR) is 87.1 cm³/mol. The number of aliphatic hydroxyl groups is 1. The first kappa shape index (κ1) is 17.2. The number of ether oxygens (including phenoxy) is 1. The van der Waals surface area contributed by atoms with Crippen molar-refractivity contribution in [1.82, 2.24) is 0 Å². The van der Waals surface area contributed by atoms with E-state index < -0.39 is 5.60 Å². The third kappa shape index (κ3) is 4.40. The smallest absolute Gasteiger partial charge is 0.128 e. The van der Waals surface area contributed by atoms with E-state index in [0.717, 1.165) is 44.1 Å². The Bertz CT molecular complexity index is 500. The Balaban J connectivity index is 1.97. The Morgan fingerprint density at radius 3 is 2.91 bits per heavy atom. The second-order valence-corrected chi connectivity index (χ2v) is 6.34. The summed E-state index contributed by atoms with van der Waals surface area (Å²) in [6.45, 7) is 6.32. The Hall–Kier alpha value is -1.19. The van der Waals surface area contributed by atoms with Crippen LogP contribution in [-0.4, -0.2) is 16.8 Å². The maximum Gasteiger partial charge on any atom is 0.128 e. The number of allylic oxidation sites excluding steroid dienone is 1. The molecule has 2 unspecified atom stereocenters. The summed E-state index contributed by atoms with van der Waals surface area (Å²) in [5, 5.41) is 11.0. The van der Waals surface area contributed by atoms with Crippen molar-refractivity contribution in [2.45, 2.75) is 70.2 Å². The maximum absolute atomic E-state index is 13.7. The number of hydrogen-bond donors (Lipinski definition) is 1. The summed E-state index contributed by atoms with van der Waals surface area (Å²) in [6, 6.07) is 6.65. The molecule has 0 spiro atoms. The van der Waals surface area contributed by atoms with E-state index in [1.807, 2.05) is 0 Å². The van der Waals surface area contributed by atoms with Gasteiger partial charge in [0.2, 0.25) is 0 Å². The topological polar surface area (TPSA) is 29.5 Å². The van der Waals surface area contributed by atoms with Crippen LogP contribution in [0.15, 0.2) is 36.4 Å². The Morgan fingerprint density at radius 1 is 1.41 bits per heavy atom. The highest BCUT2D eigenvalue weighted by Gasteiger charge is 2.39. The van der Waals surface area contributed by atoms with Crippen LogP contribution in [0.2, 0.25) is 0 Å². The first-order valence-corrected chi connectivity index (χ1v) is 8.29. The highest BCUT2D eigenvalue weighted by molar-refractivity contribution is 5.16. The minimum absolute atomic E-state index is 0.217. The van der Waals surface area contributed by atoms with Crippen molar-refractivity contribution in [3.63, 3.8) is 0 Å². The van der Waals surface area contributed by atoms with Gasteiger partial charge in [-0.2, -0.15) is 0 Å². The molecule has 22 heavy (non-hydrogen) atoms. The molecule has 0 aliphatic heterocycles. The summed E-state index contributed by atoms with van der Waals surface area (Å²) in [7, 11) is 0. The van der Waals surface area contributed by atoms with Crippen molar-refractivity contribution in [3.8, 4) is 0 Å². The van der Waals surface area contributed by atoms with Gasteiger partial charge in [-0.05, 0) is 38.2 Å². The van der Waals surface area contributed by atoms with E-state index >= 15 is 0 Å². The van der Waals surface area contributed by atoms with E-state index in [1.54, 1.807) is 18.2 Å². The van der Waals surface area contributed by atoms with Gasteiger partial charge in [0.15, 0.2) is 0 Å². The Kier molecular flexibility index (Phi) is 6.16. The van der Waals surface area contributed by atoms with Crippen LogP contribution in [0.1, 0.15) is 57.4 Å². The van der Waals surface area contributed by atoms with Gasteiger partial charge < -0.3 is 9.84 Å². The molecule has 2 rings (SSSR count). The van der Waals surface area contributed by atoms with Crippen molar-refractivity contribution < 1.29 is 14.2 Å². The predicted octanol–water partition coefficient (Wildman–Crippen LogP) is 4.76. The molecule has 0 saturated heterocycles. The van der Waals surface area contributed by atoms with E-state index in [-0.39, 0.29) is 18.5 Å². The highest BCUT2D eigenvalue weighted by Crippen LogP contribution is 2.36. The van der Waals surface area contributed by atoms with Gasteiger partial charge in [-0.1, -0.05) is 50.1 Å². The Labute approximate surface area is 133 Å². The average molecular weight is 306 g/mol. The van der Waals surface area contributed by atoms with Gasteiger partial charge in [-0.25, -0.2) is 4.39 Å². The minimum Gasteiger partial charge on any atom is -0.387 e. The molecule has 1 aromatic carbocycles. The second-order valence-electron chi connectivity index (χ2n) is 6.34. The fourth-order valence-electron chi connectivity index (χ4n) is 3.09. The standard InChI is InChI=1S/C19H27FO2/c1-3-15(2)11-13-19(21)12-7-6-10-18(19)22-14-16-8-4-5-9-17(16)20/h4-5,8-9,18,21H,2-3,6-7,10-14H2,1H3. The molecule has 122 valence electrons. The first-order chi connectivity index (χ1) is 10.5. The first-order valence-electron chi connectivity index (χ1n) is 8.29. The summed E-state index contributed by atoms with van der Waals surface area (Å²) in [6.07, 6.45) is 5.90. The largest absolute Gasteiger partial charge is 0.387 e. The number of benzene rings is 1. The van der Waals surface area contributed by atoms with Crippen molar-refractivity contribution in [1.29, 1.82) is 0 Å². The van der Waals surface area contributed by atoms with Crippen molar-refractivity contribution in [3.05, 3.63) is 47.8 Å². The summed E-state index contributed by atoms with van der Waals surface area (Å²) in [4.78, 5) is 0. The molecular formula is C19H27FO2. The van der Waals surface area contributed by atoms with Crippen LogP contribution in [0.3, 0.4) is 0 Å². The van der Waals surface area contributed by atoms with Gasteiger partial charge in [-0.3, -0.25) is 0 Å². The molecule has 2 nitrogen and oxygen atoms in total. The molecule has 2 atom stereocenters. The Morgan fingerprint density at radius 2 is 2.18 bits per heavy atom. The van der Waals surface area contributed by atoms with Gasteiger partial charge in [0.25, 0.3) is 0 Å². The molecule has 1 saturated carbocycles. The lowest BCUT2D eigenvalue weighted by molar-refractivity contribution is -0.140. The molecule has 1 N–H and O–H groups in total. The molecule has 0 amide bonds. The van der Waals surface area contributed by atoms with Crippen LogP contribution in [0.25, 0.3) is 0 Å². The molecule has 0 heterocycles. The van der Waals surface area contributed by atoms with E-state index in [4.69, 9.17) is 4.74 Å². The number of halogens is 1.